The topological polar surface area (TPSA) is 69.5 Å². The van der Waals surface area contributed by atoms with E-state index in [0.717, 1.165) is 11.4 Å². The first-order valence-electron chi connectivity index (χ1n) is 8.85. The van der Waals surface area contributed by atoms with Crippen LogP contribution in [0.25, 0.3) is 0 Å². The molecule has 8 heteroatoms. The minimum atomic E-state index is -0.343. The molecule has 2 heterocycles. The molecule has 1 aliphatic heterocycles. The summed E-state index contributed by atoms with van der Waals surface area (Å²) in [5.74, 6) is 2.34. The molecule has 0 unspecified atom stereocenters. The molecule has 7 nitrogen and oxygen atoms in total. The van der Waals surface area contributed by atoms with Crippen molar-refractivity contribution in [3.63, 3.8) is 0 Å². The highest BCUT2D eigenvalue weighted by Crippen LogP contribution is 2.35. The molecule has 0 bridgehead atoms. The molecule has 1 aromatic heterocycles. The van der Waals surface area contributed by atoms with Crippen LogP contribution in [0.1, 0.15) is 11.9 Å². The van der Waals surface area contributed by atoms with E-state index in [-0.39, 0.29) is 17.8 Å². The molecular weight excluding hydrogens is 376 g/mol. The van der Waals surface area contributed by atoms with Crippen molar-refractivity contribution in [1.29, 1.82) is 0 Å². The van der Waals surface area contributed by atoms with Gasteiger partial charge in [0.15, 0.2) is 28.6 Å². The Hall–Kier alpha value is -3.00. The van der Waals surface area contributed by atoms with Crippen molar-refractivity contribution in [1.82, 2.24) is 14.8 Å². The van der Waals surface area contributed by atoms with Crippen LogP contribution < -0.4 is 14.4 Å². The summed E-state index contributed by atoms with van der Waals surface area (Å²) >= 11 is 1.35. The number of para-hydroxylation sites is 3. The first kappa shape index (κ1) is 18.4. The zero-order valence-electron chi connectivity index (χ0n) is 15.6. The SMILES string of the molecule is CN(C(=O)CSc1nnc([C@@H]2COc3ccccc3O2)n1C)c1ccccc1. The summed E-state index contributed by atoms with van der Waals surface area (Å²) in [6.45, 7) is 0.364. The molecule has 0 radical (unpaired) electrons. The van der Waals surface area contributed by atoms with Crippen LogP contribution >= 0.6 is 11.8 Å². The van der Waals surface area contributed by atoms with E-state index in [1.54, 1.807) is 11.9 Å². The maximum absolute atomic E-state index is 12.5. The summed E-state index contributed by atoms with van der Waals surface area (Å²) < 4.78 is 13.6. The zero-order chi connectivity index (χ0) is 19.5. The summed E-state index contributed by atoms with van der Waals surface area (Å²) in [6.07, 6.45) is -0.343. The summed E-state index contributed by atoms with van der Waals surface area (Å²) in [5.41, 5.74) is 0.859. The number of ether oxygens (including phenoxy) is 2. The number of anilines is 1. The van der Waals surface area contributed by atoms with Gasteiger partial charge in [-0.1, -0.05) is 42.1 Å². The third-order valence-corrected chi connectivity index (χ3v) is 5.51. The van der Waals surface area contributed by atoms with E-state index < -0.39 is 0 Å². The number of fused-ring (bicyclic) bond motifs is 1. The van der Waals surface area contributed by atoms with Crippen LogP contribution in [-0.2, 0) is 11.8 Å². The Morgan fingerprint density at radius 1 is 1.14 bits per heavy atom. The summed E-state index contributed by atoms with van der Waals surface area (Å²) in [7, 11) is 3.64. The van der Waals surface area contributed by atoms with Crippen molar-refractivity contribution < 1.29 is 14.3 Å². The molecule has 0 aliphatic carbocycles. The Morgan fingerprint density at radius 3 is 2.64 bits per heavy atom. The highest BCUT2D eigenvalue weighted by Gasteiger charge is 2.27. The molecule has 0 fully saturated rings. The third kappa shape index (κ3) is 3.68. The van der Waals surface area contributed by atoms with Crippen molar-refractivity contribution in [2.45, 2.75) is 11.3 Å². The number of thioether (sulfide) groups is 1. The van der Waals surface area contributed by atoms with Gasteiger partial charge in [-0.25, -0.2) is 0 Å². The van der Waals surface area contributed by atoms with Gasteiger partial charge >= 0.3 is 0 Å². The molecule has 1 amide bonds. The minimum Gasteiger partial charge on any atom is -0.485 e. The van der Waals surface area contributed by atoms with Crippen LogP contribution in [-0.4, -0.2) is 40.1 Å². The molecule has 0 N–H and O–H groups in total. The fourth-order valence-electron chi connectivity index (χ4n) is 2.90. The maximum atomic E-state index is 12.5. The predicted octanol–water partition coefficient (Wildman–Crippen LogP) is 3.08. The van der Waals surface area contributed by atoms with Gasteiger partial charge in [-0.2, -0.15) is 0 Å². The fourth-order valence-corrected chi connectivity index (χ4v) is 3.73. The van der Waals surface area contributed by atoms with Gasteiger partial charge in [0.1, 0.15) is 6.61 Å². The molecule has 0 saturated carbocycles. The number of benzene rings is 2. The van der Waals surface area contributed by atoms with Crippen molar-refractivity contribution in [2.75, 3.05) is 24.3 Å². The van der Waals surface area contributed by atoms with Gasteiger partial charge in [0.2, 0.25) is 5.91 Å². The van der Waals surface area contributed by atoms with Gasteiger partial charge in [0.05, 0.1) is 5.75 Å². The van der Waals surface area contributed by atoms with E-state index >= 15 is 0 Å². The summed E-state index contributed by atoms with van der Waals surface area (Å²) in [5, 5.41) is 9.14. The third-order valence-electron chi connectivity index (χ3n) is 4.51. The lowest BCUT2D eigenvalue weighted by Crippen LogP contribution is -2.28. The van der Waals surface area contributed by atoms with Gasteiger partial charge in [0, 0.05) is 19.8 Å². The van der Waals surface area contributed by atoms with Crippen molar-refractivity contribution in [3.8, 4) is 11.5 Å². The molecule has 4 rings (SSSR count). The number of aromatic nitrogens is 3. The quantitative estimate of drug-likeness (QED) is 0.618. The second-order valence-corrected chi connectivity index (χ2v) is 7.28. The van der Waals surface area contributed by atoms with Crippen LogP contribution in [0.4, 0.5) is 5.69 Å². The van der Waals surface area contributed by atoms with E-state index in [2.05, 4.69) is 10.2 Å². The number of carbonyl (C=O) groups excluding carboxylic acids is 1. The molecule has 0 saturated heterocycles. The number of rotatable bonds is 5. The first-order valence-corrected chi connectivity index (χ1v) is 9.84. The second-order valence-electron chi connectivity index (χ2n) is 6.34. The molecule has 28 heavy (non-hydrogen) atoms. The first-order chi connectivity index (χ1) is 13.6. The fraction of sp³-hybridized carbons (Fsp3) is 0.250. The van der Waals surface area contributed by atoms with Gasteiger partial charge in [-0.15, -0.1) is 10.2 Å². The van der Waals surface area contributed by atoms with Crippen molar-refractivity contribution in [2.24, 2.45) is 7.05 Å². The highest BCUT2D eigenvalue weighted by molar-refractivity contribution is 7.99. The van der Waals surface area contributed by atoms with Crippen LogP contribution in [0.15, 0.2) is 59.8 Å². The molecule has 2 aromatic carbocycles. The Balaban J connectivity index is 1.41. The van der Waals surface area contributed by atoms with E-state index in [9.17, 15) is 4.79 Å². The van der Waals surface area contributed by atoms with Gasteiger partial charge < -0.3 is 18.9 Å². The lowest BCUT2D eigenvalue weighted by Gasteiger charge is -2.25. The monoisotopic (exact) mass is 396 g/mol. The Morgan fingerprint density at radius 2 is 1.86 bits per heavy atom. The smallest absolute Gasteiger partial charge is 0.237 e. The molecule has 1 aliphatic rings. The largest absolute Gasteiger partial charge is 0.485 e. The number of amides is 1. The molecule has 0 spiro atoms. The average Bonchev–Trinajstić information content (AvgIpc) is 3.12. The van der Waals surface area contributed by atoms with Gasteiger partial charge in [-0.3, -0.25) is 4.79 Å². The summed E-state index contributed by atoms with van der Waals surface area (Å²) in [6, 6.07) is 17.1. The van der Waals surface area contributed by atoms with Crippen molar-refractivity contribution >= 4 is 23.4 Å². The zero-order valence-corrected chi connectivity index (χ0v) is 16.4. The Labute approximate surface area is 167 Å². The minimum absolute atomic E-state index is 0.00747. The molecular formula is C20H20N4O3S. The van der Waals surface area contributed by atoms with Crippen LogP contribution in [0.5, 0.6) is 11.5 Å². The second kappa shape index (κ2) is 7.93. The van der Waals surface area contributed by atoms with E-state index in [0.29, 0.717) is 23.3 Å². The standard InChI is InChI=1S/C20H20N4O3S/c1-23(14-8-4-3-5-9-14)18(25)13-28-20-22-21-19(24(20)2)17-12-26-15-10-6-7-11-16(15)27-17/h3-11,17H,12-13H2,1-2H3/t17-/m0/s1. The number of nitrogens with zero attached hydrogens (tertiary/aromatic N) is 4. The number of hydrogen-bond acceptors (Lipinski definition) is 6. The number of hydrogen-bond donors (Lipinski definition) is 0. The summed E-state index contributed by atoms with van der Waals surface area (Å²) in [4.78, 5) is 14.1. The van der Waals surface area contributed by atoms with E-state index in [1.165, 1.54) is 11.8 Å². The predicted molar refractivity (Wildman–Crippen MR) is 107 cm³/mol. The van der Waals surface area contributed by atoms with E-state index in [4.69, 9.17) is 9.47 Å². The van der Waals surface area contributed by atoms with Gasteiger partial charge in [0.25, 0.3) is 0 Å². The average molecular weight is 396 g/mol. The van der Waals surface area contributed by atoms with E-state index in [1.807, 2.05) is 66.2 Å². The highest BCUT2D eigenvalue weighted by atomic mass is 32.2. The van der Waals surface area contributed by atoms with Crippen LogP contribution in [0, 0.1) is 0 Å². The van der Waals surface area contributed by atoms with Gasteiger partial charge in [-0.05, 0) is 24.3 Å². The molecule has 3 aromatic rings. The Bertz CT molecular complexity index is 977. The maximum Gasteiger partial charge on any atom is 0.237 e. The number of carbonyl (C=O) groups is 1. The normalized spacial score (nSPS) is 15.3. The molecule has 1 atom stereocenters. The van der Waals surface area contributed by atoms with Crippen LogP contribution in [0.3, 0.4) is 0 Å². The van der Waals surface area contributed by atoms with Crippen LogP contribution in [0.2, 0.25) is 0 Å². The molecule has 144 valence electrons. The lowest BCUT2D eigenvalue weighted by molar-refractivity contribution is -0.115. The van der Waals surface area contributed by atoms with Crippen molar-refractivity contribution in [3.05, 3.63) is 60.4 Å². The lowest BCUT2D eigenvalue weighted by atomic mass is 10.2. The Kier molecular flexibility index (Phi) is 5.21.